The summed E-state index contributed by atoms with van der Waals surface area (Å²) in [6.45, 7) is 5.65. The molecule has 0 radical (unpaired) electrons. The van der Waals surface area contributed by atoms with Crippen molar-refractivity contribution in [1.82, 2.24) is 4.98 Å². The minimum absolute atomic E-state index is 0.116. The summed E-state index contributed by atoms with van der Waals surface area (Å²) in [5.74, 6) is 0.0948. The zero-order valence-electron chi connectivity index (χ0n) is 7.06. The zero-order chi connectivity index (χ0) is 8.43. The highest BCUT2D eigenvalue weighted by Crippen LogP contribution is 2.18. The lowest BCUT2D eigenvalue weighted by Crippen LogP contribution is -1.96. The van der Waals surface area contributed by atoms with Crippen molar-refractivity contribution in [3.8, 4) is 0 Å². The SMILES string of the molecule is Cc1cncc(C(C)C)c1F. The number of hydrogen-bond donors (Lipinski definition) is 0. The Bertz CT molecular complexity index is 256. The lowest BCUT2D eigenvalue weighted by Gasteiger charge is -2.06. The molecule has 1 rings (SSSR count). The van der Waals surface area contributed by atoms with Gasteiger partial charge in [0.1, 0.15) is 5.82 Å². The van der Waals surface area contributed by atoms with Gasteiger partial charge in [-0.1, -0.05) is 13.8 Å². The number of nitrogens with zero attached hydrogens (tertiary/aromatic N) is 1. The molecule has 0 amide bonds. The summed E-state index contributed by atoms with van der Waals surface area (Å²) < 4.78 is 13.2. The van der Waals surface area contributed by atoms with Crippen LogP contribution >= 0.6 is 0 Å². The van der Waals surface area contributed by atoms with Gasteiger partial charge < -0.3 is 0 Å². The summed E-state index contributed by atoms with van der Waals surface area (Å²) in [5, 5.41) is 0. The molecule has 0 N–H and O–H groups in total. The Kier molecular flexibility index (Phi) is 2.22. The van der Waals surface area contributed by atoms with Crippen molar-refractivity contribution < 1.29 is 4.39 Å². The van der Waals surface area contributed by atoms with Gasteiger partial charge in [0.25, 0.3) is 0 Å². The fraction of sp³-hybridized carbons (Fsp3) is 0.444. The van der Waals surface area contributed by atoms with Crippen LogP contribution < -0.4 is 0 Å². The second-order valence-corrected chi connectivity index (χ2v) is 3.01. The molecule has 0 aliphatic carbocycles. The quantitative estimate of drug-likeness (QED) is 0.604. The van der Waals surface area contributed by atoms with Crippen LogP contribution in [0.4, 0.5) is 4.39 Å². The van der Waals surface area contributed by atoms with Crippen LogP contribution in [0.3, 0.4) is 0 Å². The summed E-state index contributed by atoms with van der Waals surface area (Å²) in [5.41, 5.74) is 1.32. The standard InChI is InChI=1S/C9H12FN/c1-6(2)8-5-11-4-7(3)9(8)10/h4-6H,1-3H3. The van der Waals surface area contributed by atoms with E-state index >= 15 is 0 Å². The lowest BCUT2D eigenvalue weighted by atomic mass is 10.0. The van der Waals surface area contributed by atoms with E-state index in [-0.39, 0.29) is 11.7 Å². The Balaban J connectivity index is 3.17. The lowest BCUT2D eigenvalue weighted by molar-refractivity contribution is 0.586. The van der Waals surface area contributed by atoms with Gasteiger partial charge in [0, 0.05) is 23.5 Å². The number of pyridine rings is 1. The molecule has 0 unspecified atom stereocenters. The van der Waals surface area contributed by atoms with Gasteiger partial charge in [-0.15, -0.1) is 0 Å². The number of hydrogen-bond acceptors (Lipinski definition) is 1. The summed E-state index contributed by atoms with van der Waals surface area (Å²) in [4.78, 5) is 3.93. The van der Waals surface area contributed by atoms with E-state index in [9.17, 15) is 4.39 Å². The third-order valence-corrected chi connectivity index (χ3v) is 1.70. The Hall–Kier alpha value is -0.920. The van der Waals surface area contributed by atoms with Gasteiger partial charge in [-0.2, -0.15) is 0 Å². The first-order valence-electron chi connectivity index (χ1n) is 3.73. The minimum Gasteiger partial charge on any atom is -0.264 e. The number of aryl methyl sites for hydroxylation is 1. The van der Waals surface area contributed by atoms with E-state index in [2.05, 4.69) is 4.98 Å². The molecule has 0 aliphatic heterocycles. The van der Waals surface area contributed by atoms with Gasteiger partial charge in [0.05, 0.1) is 0 Å². The van der Waals surface area contributed by atoms with E-state index in [1.165, 1.54) is 0 Å². The molecule has 1 heterocycles. The first kappa shape index (κ1) is 8.18. The normalized spacial score (nSPS) is 10.6. The summed E-state index contributed by atoms with van der Waals surface area (Å²) in [7, 11) is 0. The smallest absolute Gasteiger partial charge is 0.132 e. The number of aromatic nitrogens is 1. The van der Waals surface area contributed by atoms with Gasteiger partial charge in [0.15, 0.2) is 0 Å². The van der Waals surface area contributed by atoms with Crippen LogP contribution in [0.1, 0.15) is 30.9 Å². The first-order chi connectivity index (χ1) is 5.13. The average molecular weight is 153 g/mol. The maximum absolute atomic E-state index is 13.2. The molecule has 1 nitrogen and oxygen atoms in total. The number of halogens is 1. The fourth-order valence-corrected chi connectivity index (χ4v) is 0.973. The Labute approximate surface area is 66.3 Å². The number of rotatable bonds is 1. The molecule has 0 aliphatic rings. The summed E-state index contributed by atoms with van der Waals surface area (Å²) in [6, 6.07) is 0. The molecular formula is C9H12FN. The zero-order valence-corrected chi connectivity index (χ0v) is 7.06. The van der Waals surface area contributed by atoms with Gasteiger partial charge in [-0.05, 0) is 12.8 Å². The van der Waals surface area contributed by atoms with Crippen LogP contribution in [0.5, 0.6) is 0 Å². The average Bonchev–Trinajstić information content (AvgIpc) is 1.94. The van der Waals surface area contributed by atoms with Crippen molar-refractivity contribution in [2.45, 2.75) is 26.7 Å². The molecule has 60 valence electrons. The van der Waals surface area contributed by atoms with Crippen LogP contribution in [0.2, 0.25) is 0 Å². The first-order valence-corrected chi connectivity index (χ1v) is 3.73. The van der Waals surface area contributed by atoms with E-state index in [4.69, 9.17) is 0 Å². The van der Waals surface area contributed by atoms with E-state index in [1.54, 1.807) is 19.3 Å². The molecule has 11 heavy (non-hydrogen) atoms. The van der Waals surface area contributed by atoms with E-state index < -0.39 is 0 Å². The molecule has 0 aromatic carbocycles. The molecule has 0 atom stereocenters. The maximum atomic E-state index is 13.2. The van der Waals surface area contributed by atoms with E-state index in [0.29, 0.717) is 11.1 Å². The Morgan fingerprint density at radius 3 is 2.45 bits per heavy atom. The highest BCUT2D eigenvalue weighted by Gasteiger charge is 2.07. The van der Waals surface area contributed by atoms with Crippen molar-refractivity contribution in [3.63, 3.8) is 0 Å². The van der Waals surface area contributed by atoms with Crippen LogP contribution in [0.15, 0.2) is 12.4 Å². The van der Waals surface area contributed by atoms with Crippen LogP contribution in [0, 0.1) is 12.7 Å². The van der Waals surface area contributed by atoms with Gasteiger partial charge in [-0.25, -0.2) is 4.39 Å². The Morgan fingerprint density at radius 2 is 2.00 bits per heavy atom. The van der Waals surface area contributed by atoms with Crippen molar-refractivity contribution in [3.05, 3.63) is 29.3 Å². The molecule has 2 heteroatoms. The van der Waals surface area contributed by atoms with Crippen molar-refractivity contribution in [1.29, 1.82) is 0 Å². The fourth-order valence-electron chi connectivity index (χ4n) is 0.973. The second-order valence-electron chi connectivity index (χ2n) is 3.01. The summed E-state index contributed by atoms with van der Waals surface area (Å²) >= 11 is 0. The molecule has 0 saturated carbocycles. The van der Waals surface area contributed by atoms with Crippen molar-refractivity contribution in [2.75, 3.05) is 0 Å². The maximum Gasteiger partial charge on any atom is 0.132 e. The highest BCUT2D eigenvalue weighted by atomic mass is 19.1. The summed E-state index contributed by atoms with van der Waals surface area (Å²) in [6.07, 6.45) is 3.13. The highest BCUT2D eigenvalue weighted by molar-refractivity contribution is 5.22. The van der Waals surface area contributed by atoms with Gasteiger partial charge in [0.2, 0.25) is 0 Å². The van der Waals surface area contributed by atoms with Crippen LogP contribution in [-0.2, 0) is 0 Å². The van der Waals surface area contributed by atoms with E-state index in [1.807, 2.05) is 13.8 Å². The monoisotopic (exact) mass is 153 g/mol. The van der Waals surface area contributed by atoms with Crippen molar-refractivity contribution in [2.24, 2.45) is 0 Å². The minimum atomic E-state index is -0.116. The molecule has 1 aromatic rings. The van der Waals surface area contributed by atoms with Crippen molar-refractivity contribution >= 4 is 0 Å². The predicted octanol–water partition coefficient (Wildman–Crippen LogP) is 2.65. The van der Waals surface area contributed by atoms with Crippen LogP contribution in [-0.4, -0.2) is 4.98 Å². The van der Waals surface area contributed by atoms with Crippen LogP contribution in [0.25, 0.3) is 0 Å². The molecule has 0 fully saturated rings. The molecule has 0 saturated heterocycles. The molecule has 1 aromatic heterocycles. The third kappa shape index (κ3) is 1.56. The third-order valence-electron chi connectivity index (χ3n) is 1.70. The van der Waals surface area contributed by atoms with Gasteiger partial charge in [-0.3, -0.25) is 4.98 Å². The second kappa shape index (κ2) is 2.99. The molecule has 0 spiro atoms. The van der Waals surface area contributed by atoms with Gasteiger partial charge >= 0.3 is 0 Å². The van der Waals surface area contributed by atoms with E-state index in [0.717, 1.165) is 0 Å². The molecule has 0 bridgehead atoms. The molecular weight excluding hydrogens is 141 g/mol. The topological polar surface area (TPSA) is 12.9 Å². The predicted molar refractivity (Wildman–Crippen MR) is 43.0 cm³/mol. The largest absolute Gasteiger partial charge is 0.264 e. The Morgan fingerprint density at radius 1 is 1.36 bits per heavy atom.